The third kappa shape index (κ3) is 5.42. The fourth-order valence-electron chi connectivity index (χ4n) is 1.80. The van der Waals surface area contributed by atoms with E-state index in [1.54, 1.807) is 16.7 Å². The summed E-state index contributed by atoms with van der Waals surface area (Å²) in [5.74, 6) is 1.21. The molecule has 24 heavy (non-hydrogen) atoms. The summed E-state index contributed by atoms with van der Waals surface area (Å²) in [6.45, 7) is 2.76. The molecule has 0 fully saturated rings. The second-order valence-corrected chi connectivity index (χ2v) is 6.39. The number of para-hydroxylation sites is 1. The number of aromatic nitrogens is 3. The third-order valence-corrected chi connectivity index (χ3v) is 4.50. The lowest BCUT2D eigenvalue weighted by Crippen LogP contribution is -2.09. The van der Waals surface area contributed by atoms with Crippen molar-refractivity contribution in [2.45, 2.75) is 31.5 Å². The molecule has 2 rings (SSSR count). The molecular weight excluding hydrogens is 350 g/mol. The first-order chi connectivity index (χ1) is 11.6. The van der Waals surface area contributed by atoms with Gasteiger partial charge in [-0.05, 0) is 18.6 Å². The van der Waals surface area contributed by atoms with E-state index in [0.717, 1.165) is 12.8 Å². The number of carbonyl (C=O) groups is 1. The maximum absolute atomic E-state index is 11.6. The predicted octanol–water partition coefficient (Wildman–Crippen LogP) is 3.48. The van der Waals surface area contributed by atoms with Crippen molar-refractivity contribution in [1.82, 2.24) is 14.8 Å². The van der Waals surface area contributed by atoms with Gasteiger partial charge in [-0.25, -0.2) is 0 Å². The highest BCUT2D eigenvalue weighted by Crippen LogP contribution is 2.24. The van der Waals surface area contributed by atoms with Crippen molar-refractivity contribution in [2.24, 2.45) is 7.05 Å². The summed E-state index contributed by atoms with van der Waals surface area (Å²) in [6, 6.07) is 7.24. The third-order valence-electron chi connectivity index (χ3n) is 3.20. The van der Waals surface area contributed by atoms with Gasteiger partial charge in [-0.15, -0.1) is 10.2 Å². The molecule has 0 aliphatic carbocycles. The van der Waals surface area contributed by atoms with E-state index in [9.17, 15) is 4.79 Å². The zero-order valence-electron chi connectivity index (χ0n) is 13.7. The average Bonchev–Trinajstić information content (AvgIpc) is 2.93. The molecule has 1 aromatic heterocycles. The van der Waals surface area contributed by atoms with E-state index >= 15 is 0 Å². The Morgan fingerprint density at radius 3 is 2.88 bits per heavy atom. The Labute approximate surface area is 150 Å². The molecule has 0 unspecified atom stereocenters. The molecule has 0 aliphatic heterocycles. The van der Waals surface area contributed by atoms with Crippen LogP contribution in [0.15, 0.2) is 29.4 Å². The number of ether oxygens (including phenoxy) is 2. The lowest BCUT2D eigenvalue weighted by Gasteiger charge is -2.07. The van der Waals surface area contributed by atoms with Crippen molar-refractivity contribution >= 4 is 29.3 Å². The summed E-state index contributed by atoms with van der Waals surface area (Å²) in [5, 5.41) is 9.34. The van der Waals surface area contributed by atoms with Gasteiger partial charge >= 0.3 is 5.97 Å². The minimum atomic E-state index is -0.245. The second-order valence-electron chi connectivity index (χ2n) is 5.04. The number of thioether (sulfide) groups is 1. The van der Waals surface area contributed by atoms with Crippen LogP contribution in [0.2, 0.25) is 5.02 Å². The molecule has 2 aromatic rings. The first-order valence-corrected chi connectivity index (χ1v) is 9.02. The van der Waals surface area contributed by atoms with Gasteiger partial charge in [0.15, 0.2) is 11.0 Å². The Bertz CT molecular complexity index is 678. The van der Waals surface area contributed by atoms with E-state index in [0.29, 0.717) is 28.4 Å². The first kappa shape index (κ1) is 18.6. The number of hydrogen-bond donors (Lipinski definition) is 0. The Balaban J connectivity index is 1.84. The van der Waals surface area contributed by atoms with E-state index in [-0.39, 0.29) is 18.3 Å². The van der Waals surface area contributed by atoms with E-state index in [1.165, 1.54) is 11.8 Å². The van der Waals surface area contributed by atoms with Gasteiger partial charge in [-0.1, -0.05) is 48.8 Å². The van der Waals surface area contributed by atoms with Crippen LogP contribution in [0.5, 0.6) is 5.75 Å². The van der Waals surface area contributed by atoms with Crippen LogP contribution in [0.1, 0.15) is 25.6 Å². The predicted molar refractivity (Wildman–Crippen MR) is 93.4 cm³/mol. The molecule has 0 amide bonds. The largest absolute Gasteiger partial charge is 0.484 e. The fourth-order valence-corrected chi connectivity index (χ4v) is 2.71. The van der Waals surface area contributed by atoms with Crippen LogP contribution in [-0.2, 0) is 23.2 Å². The van der Waals surface area contributed by atoms with E-state index < -0.39 is 0 Å². The van der Waals surface area contributed by atoms with Gasteiger partial charge in [-0.3, -0.25) is 4.79 Å². The summed E-state index contributed by atoms with van der Waals surface area (Å²) in [7, 11) is 1.83. The minimum Gasteiger partial charge on any atom is -0.484 e. The van der Waals surface area contributed by atoms with Crippen molar-refractivity contribution < 1.29 is 14.3 Å². The SMILES string of the molecule is CCCCOC(=O)CSc1nnc(COc2ccccc2Cl)n1C. The van der Waals surface area contributed by atoms with Crippen LogP contribution in [-0.4, -0.2) is 33.1 Å². The molecular formula is C16H20ClN3O3S. The van der Waals surface area contributed by atoms with Gasteiger partial charge in [0.2, 0.25) is 0 Å². The van der Waals surface area contributed by atoms with Gasteiger partial charge in [0.1, 0.15) is 12.4 Å². The van der Waals surface area contributed by atoms with Gasteiger partial charge in [0, 0.05) is 7.05 Å². The molecule has 0 saturated heterocycles. The number of benzene rings is 1. The lowest BCUT2D eigenvalue weighted by molar-refractivity contribution is -0.140. The van der Waals surface area contributed by atoms with Crippen LogP contribution in [0.25, 0.3) is 0 Å². The average molecular weight is 370 g/mol. The number of esters is 1. The highest BCUT2D eigenvalue weighted by atomic mass is 35.5. The van der Waals surface area contributed by atoms with Crippen molar-refractivity contribution in [1.29, 1.82) is 0 Å². The number of rotatable bonds is 9. The molecule has 8 heteroatoms. The van der Waals surface area contributed by atoms with Crippen molar-refractivity contribution in [3.8, 4) is 5.75 Å². The van der Waals surface area contributed by atoms with Crippen LogP contribution in [0.4, 0.5) is 0 Å². The van der Waals surface area contributed by atoms with E-state index in [2.05, 4.69) is 10.2 Å². The molecule has 1 aromatic carbocycles. The molecule has 1 heterocycles. The van der Waals surface area contributed by atoms with Gasteiger partial charge < -0.3 is 14.0 Å². The lowest BCUT2D eigenvalue weighted by atomic mass is 10.3. The van der Waals surface area contributed by atoms with Crippen LogP contribution < -0.4 is 4.74 Å². The summed E-state index contributed by atoms with van der Waals surface area (Å²) in [6.07, 6.45) is 1.88. The maximum Gasteiger partial charge on any atom is 0.316 e. The van der Waals surface area contributed by atoms with Gasteiger partial charge in [0.25, 0.3) is 0 Å². The number of halogens is 1. The Hall–Kier alpha value is -1.73. The Morgan fingerprint density at radius 1 is 1.33 bits per heavy atom. The zero-order chi connectivity index (χ0) is 17.4. The quantitative estimate of drug-likeness (QED) is 0.383. The highest BCUT2D eigenvalue weighted by molar-refractivity contribution is 7.99. The molecule has 130 valence electrons. The smallest absolute Gasteiger partial charge is 0.316 e. The minimum absolute atomic E-state index is 0.209. The van der Waals surface area contributed by atoms with Crippen LogP contribution in [0, 0.1) is 0 Å². The molecule has 0 saturated carbocycles. The highest BCUT2D eigenvalue weighted by Gasteiger charge is 2.13. The summed E-state index contributed by atoms with van der Waals surface area (Å²) in [4.78, 5) is 11.6. The van der Waals surface area contributed by atoms with E-state index in [1.807, 2.05) is 26.1 Å². The fraction of sp³-hybridized carbons (Fsp3) is 0.438. The maximum atomic E-state index is 11.6. The molecule has 0 bridgehead atoms. The number of hydrogen-bond acceptors (Lipinski definition) is 6. The number of carbonyl (C=O) groups excluding carboxylic acids is 1. The van der Waals surface area contributed by atoms with Crippen molar-refractivity contribution in [3.63, 3.8) is 0 Å². The molecule has 0 spiro atoms. The van der Waals surface area contributed by atoms with Crippen molar-refractivity contribution in [2.75, 3.05) is 12.4 Å². The first-order valence-electron chi connectivity index (χ1n) is 7.65. The van der Waals surface area contributed by atoms with Gasteiger partial charge in [-0.2, -0.15) is 0 Å². The van der Waals surface area contributed by atoms with E-state index in [4.69, 9.17) is 21.1 Å². The van der Waals surface area contributed by atoms with Gasteiger partial charge in [0.05, 0.1) is 17.4 Å². The molecule has 6 nitrogen and oxygen atoms in total. The molecule has 0 aliphatic rings. The monoisotopic (exact) mass is 369 g/mol. The summed E-state index contributed by atoms with van der Waals surface area (Å²) < 4.78 is 12.6. The van der Waals surface area contributed by atoms with Crippen molar-refractivity contribution in [3.05, 3.63) is 35.1 Å². The van der Waals surface area contributed by atoms with Crippen LogP contribution >= 0.6 is 23.4 Å². The summed E-state index contributed by atoms with van der Waals surface area (Å²) >= 11 is 7.34. The molecule has 0 radical (unpaired) electrons. The summed E-state index contributed by atoms with van der Waals surface area (Å²) in [5.41, 5.74) is 0. The van der Waals surface area contributed by atoms with Crippen LogP contribution in [0.3, 0.4) is 0 Å². The zero-order valence-corrected chi connectivity index (χ0v) is 15.3. The Kier molecular flexibility index (Phi) is 7.39. The number of nitrogens with zero attached hydrogens (tertiary/aromatic N) is 3. The second kappa shape index (κ2) is 9.54. The molecule has 0 atom stereocenters. The number of unbranched alkanes of at least 4 members (excludes halogenated alkanes) is 1. The molecule has 0 N–H and O–H groups in total. The standard InChI is InChI=1S/C16H20ClN3O3S/c1-3-4-9-22-15(21)11-24-16-19-18-14(20(16)2)10-23-13-8-6-5-7-12(13)17/h5-8H,3-4,9-11H2,1-2H3. The normalized spacial score (nSPS) is 10.6. The Morgan fingerprint density at radius 2 is 2.12 bits per heavy atom. The topological polar surface area (TPSA) is 66.2 Å².